The molecule has 3 rings (SSSR count). The number of benzene rings is 1. The van der Waals surface area contributed by atoms with E-state index in [-0.39, 0.29) is 5.91 Å². The fourth-order valence-corrected chi connectivity index (χ4v) is 4.15. The molecule has 1 saturated heterocycles. The molecule has 6 nitrogen and oxygen atoms in total. The van der Waals surface area contributed by atoms with Gasteiger partial charge >= 0.3 is 5.97 Å². The van der Waals surface area contributed by atoms with Crippen molar-refractivity contribution in [3.05, 3.63) is 51.5 Å². The third-order valence-electron chi connectivity index (χ3n) is 4.49. The molecule has 0 radical (unpaired) electrons. The molecule has 1 aromatic heterocycles. The van der Waals surface area contributed by atoms with Crippen LogP contribution in [0.2, 0.25) is 0 Å². The first-order valence-corrected chi connectivity index (χ1v) is 9.51. The first kappa shape index (κ1) is 18.5. The smallest absolute Gasteiger partial charge is 0.335 e. The molecule has 2 aromatic rings. The molecule has 1 aliphatic rings. The normalized spacial score (nSPS) is 17.0. The number of thiazole rings is 1. The van der Waals surface area contributed by atoms with E-state index in [0.29, 0.717) is 23.7 Å². The summed E-state index contributed by atoms with van der Waals surface area (Å²) in [4.78, 5) is 32.1. The molecule has 1 fully saturated rings. The van der Waals surface area contributed by atoms with Crippen molar-refractivity contribution in [2.24, 2.45) is 5.92 Å². The van der Waals surface area contributed by atoms with Crippen LogP contribution in [0.5, 0.6) is 0 Å². The van der Waals surface area contributed by atoms with Gasteiger partial charge in [0.2, 0.25) is 0 Å². The van der Waals surface area contributed by atoms with Crippen LogP contribution in [0, 0.1) is 5.92 Å². The number of aromatic nitrogens is 1. The Morgan fingerprint density at radius 1 is 1.38 bits per heavy atom. The molecule has 0 spiro atoms. The lowest BCUT2D eigenvalue weighted by molar-refractivity contribution is 0.0696. The monoisotopic (exact) mass is 373 g/mol. The number of aromatic carboxylic acids is 1. The van der Waals surface area contributed by atoms with Crippen LogP contribution < -0.4 is 0 Å². The lowest BCUT2D eigenvalue weighted by Crippen LogP contribution is -2.29. The van der Waals surface area contributed by atoms with E-state index in [1.165, 1.54) is 11.3 Å². The topological polar surface area (TPSA) is 73.7 Å². The van der Waals surface area contributed by atoms with Gasteiger partial charge < -0.3 is 14.9 Å². The van der Waals surface area contributed by atoms with E-state index in [9.17, 15) is 9.59 Å². The molecule has 1 unspecified atom stereocenters. The highest BCUT2D eigenvalue weighted by molar-refractivity contribution is 7.09. The summed E-state index contributed by atoms with van der Waals surface area (Å²) in [7, 11) is 3.96. The summed E-state index contributed by atoms with van der Waals surface area (Å²) >= 11 is 1.52. The maximum absolute atomic E-state index is 12.7. The standard InChI is InChI=1S/C19H23N3O3S/c1-21(2)11-17-20-16(12-26-17)18(23)22-7-6-14(10-22)8-13-4-3-5-15(9-13)19(24)25/h3-5,9,12,14H,6-8,10-11H2,1-2H3,(H,24,25). The number of rotatable bonds is 6. The molecule has 2 heterocycles. The zero-order chi connectivity index (χ0) is 18.7. The van der Waals surface area contributed by atoms with Crippen molar-refractivity contribution < 1.29 is 14.7 Å². The van der Waals surface area contributed by atoms with Crippen molar-refractivity contribution in [2.75, 3.05) is 27.2 Å². The van der Waals surface area contributed by atoms with Gasteiger partial charge in [-0.25, -0.2) is 9.78 Å². The van der Waals surface area contributed by atoms with E-state index in [4.69, 9.17) is 5.11 Å². The van der Waals surface area contributed by atoms with E-state index < -0.39 is 5.97 Å². The average molecular weight is 373 g/mol. The SMILES string of the molecule is CN(C)Cc1nc(C(=O)N2CCC(Cc3cccc(C(=O)O)c3)C2)cs1. The van der Waals surface area contributed by atoms with E-state index >= 15 is 0 Å². The summed E-state index contributed by atoms with van der Waals surface area (Å²) in [5.74, 6) is -0.567. The van der Waals surface area contributed by atoms with Gasteiger partial charge in [0.05, 0.1) is 5.56 Å². The molecule has 1 N–H and O–H groups in total. The Balaban J connectivity index is 1.59. The predicted octanol–water partition coefficient (Wildman–Crippen LogP) is 2.61. The fraction of sp³-hybridized carbons (Fsp3) is 0.421. The van der Waals surface area contributed by atoms with E-state index in [0.717, 1.165) is 36.5 Å². The number of carboxylic acid groups (broad SMARTS) is 1. The Hall–Kier alpha value is -2.25. The largest absolute Gasteiger partial charge is 0.478 e. The quantitative estimate of drug-likeness (QED) is 0.843. The summed E-state index contributed by atoms with van der Waals surface area (Å²) in [6.45, 7) is 2.15. The number of hydrogen-bond acceptors (Lipinski definition) is 5. The Labute approximate surface area is 157 Å². The first-order valence-electron chi connectivity index (χ1n) is 8.63. The summed E-state index contributed by atoms with van der Waals surface area (Å²) in [5, 5.41) is 11.9. The highest BCUT2D eigenvalue weighted by atomic mass is 32.1. The first-order chi connectivity index (χ1) is 12.4. The van der Waals surface area contributed by atoms with Crippen molar-refractivity contribution in [3.63, 3.8) is 0 Å². The van der Waals surface area contributed by atoms with Crippen molar-refractivity contribution in [3.8, 4) is 0 Å². The van der Waals surface area contributed by atoms with Crippen LogP contribution >= 0.6 is 11.3 Å². The van der Waals surface area contributed by atoms with E-state index in [2.05, 4.69) is 4.98 Å². The Morgan fingerprint density at radius 2 is 2.19 bits per heavy atom. The third-order valence-corrected chi connectivity index (χ3v) is 5.33. The fourth-order valence-electron chi connectivity index (χ4n) is 3.26. The van der Waals surface area contributed by atoms with Gasteiger partial charge in [0.25, 0.3) is 5.91 Å². The average Bonchev–Trinajstić information content (AvgIpc) is 3.23. The molecule has 7 heteroatoms. The van der Waals surface area contributed by atoms with Crippen LogP contribution in [0.4, 0.5) is 0 Å². The van der Waals surface area contributed by atoms with Crippen LogP contribution in [-0.4, -0.2) is 59.0 Å². The van der Waals surface area contributed by atoms with Gasteiger partial charge in [-0.15, -0.1) is 11.3 Å². The predicted molar refractivity (Wildman–Crippen MR) is 101 cm³/mol. The van der Waals surface area contributed by atoms with Crippen LogP contribution in [0.1, 0.15) is 37.8 Å². The zero-order valence-electron chi connectivity index (χ0n) is 15.0. The molecule has 1 amide bonds. The van der Waals surface area contributed by atoms with Crippen LogP contribution in [0.3, 0.4) is 0 Å². The Bertz CT molecular complexity index is 803. The van der Waals surface area contributed by atoms with Crippen molar-refractivity contribution in [1.29, 1.82) is 0 Å². The summed E-state index contributed by atoms with van der Waals surface area (Å²) in [5.41, 5.74) is 1.84. The number of nitrogens with zero attached hydrogens (tertiary/aromatic N) is 3. The molecular weight excluding hydrogens is 350 g/mol. The van der Waals surface area contributed by atoms with Gasteiger partial charge in [-0.3, -0.25) is 4.79 Å². The zero-order valence-corrected chi connectivity index (χ0v) is 15.8. The number of likely N-dealkylation sites (tertiary alicyclic amines) is 1. The Kier molecular flexibility index (Phi) is 5.68. The minimum atomic E-state index is -0.910. The van der Waals surface area contributed by atoms with Gasteiger partial charge in [0.15, 0.2) is 0 Å². The summed E-state index contributed by atoms with van der Waals surface area (Å²) < 4.78 is 0. The van der Waals surface area contributed by atoms with Gasteiger partial charge in [-0.1, -0.05) is 12.1 Å². The molecule has 0 aliphatic carbocycles. The van der Waals surface area contributed by atoms with Crippen LogP contribution in [0.15, 0.2) is 29.6 Å². The van der Waals surface area contributed by atoms with Gasteiger partial charge in [-0.2, -0.15) is 0 Å². The Morgan fingerprint density at radius 3 is 2.92 bits per heavy atom. The number of hydrogen-bond donors (Lipinski definition) is 1. The second-order valence-electron chi connectivity index (χ2n) is 6.98. The highest BCUT2D eigenvalue weighted by Gasteiger charge is 2.28. The van der Waals surface area contributed by atoms with Crippen LogP contribution in [0.25, 0.3) is 0 Å². The van der Waals surface area contributed by atoms with E-state index in [1.807, 2.05) is 35.3 Å². The molecule has 1 atom stereocenters. The third kappa shape index (κ3) is 4.47. The number of carbonyl (C=O) groups is 2. The van der Waals surface area contributed by atoms with Crippen molar-refractivity contribution >= 4 is 23.2 Å². The summed E-state index contributed by atoms with van der Waals surface area (Å²) in [6, 6.07) is 7.05. The maximum atomic E-state index is 12.7. The number of carbonyl (C=O) groups excluding carboxylic acids is 1. The highest BCUT2D eigenvalue weighted by Crippen LogP contribution is 2.23. The molecule has 0 saturated carbocycles. The number of carboxylic acids is 1. The van der Waals surface area contributed by atoms with Gasteiger partial charge in [-0.05, 0) is 50.6 Å². The number of amides is 1. The lowest BCUT2D eigenvalue weighted by Gasteiger charge is -2.15. The van der Waals surface area contributed by atoms with Gasteiger partial charge in [0, 0.05) is 25.0 Å². The van der Waals surface area contributed by atoms with Crippen molar-refractivity contribution in [1.82, 2.24) is 14.8 Å². The second kappa shape index (κ2) is 7.97. The molecular formula is C19H23N3O3S. The molecule has 138 valence electrons. The lowest BCUT2D eigenvalue weighted by atomic mass is 9.97. The minimum Gasteiger partial charge on any atom is -0.478 e. The minimum absolute atomic E-state index is 0.00644. The van der Waals surface area contributed by atoms with Crippen LogP contribution in [-0.2, 0) is 13.0 Å². The van der Waals surface area contributed by atoms with Gasteiger partial charge in [0.1, 0.15) is 10.7 Å². The molecule has 0 bridgehead atoms. The second-order valence-corrected chi connectivity index (χ2v) is 7.92. The molecule has 1 aromatic carbocycles. The maximum Gasteiger partial charge on any atom is 0.335 e. The summed E-state index contributed by atoms with van der Waals surface area (Å²) in [6.07, 6.45) is 1.71. The van der Waals surface area contributed by atoms with E-state index in [1.54, 1.807) is 18.2 Å². The van der Waals surface area contributed by atoms with Crippen molar-refractivity contribution in [2.45, 2.75) is 19.4 Å². The molecule has 1 aliphatic heterocycles. The molecule has 26 heavy (non-hydrogen) atoms.